The second-order valence-corrected chi connectivity index (χ2v) is 7.11. The fourth-order valence-corrected chi connectivity index (χ4v) is 3.74. The van der Waals surface area contributed by atoms with Gasteiger partial charge in [-0.15, -0.1) is 0 Å². The summed E-state index contributed by atoms with van der Waals surface area (Å²) < 4.78 is 7.75. The van der Waals surface area contributed by atoms with Gasteiger partial charge in [0.25, 0.3) is 0 Å². The first-order chi connectivity index (χ1) is 11.7. The van der Waals surface area contributed by atoms with Crippen molar-refractivity contribution < 1.29 is 4.74 Å². The zero-order valence-corrected chi connectivity index (χ0v) is 14.9. The normalized spacial score (nSPS) is 21.4. The standard InChI is InChI=1S/C20H29N3O/c1-3-24-17-20(10-9-18-7-5-4-6-8-18)11-12-23(16-20)15-19-13-21-22(2)14-19/h4-8,13-14H,3,9-12,15-17H2,1-2H3/t20-/m0/s1. The van der Waals surface area contributed by atoms with Crippen LogP contribution in [0.5, 0.6) is 0 Å². The molecule has 1 aromatic carbocycles. The fraction of sp³-hybridized carbons (Fsp3) is 0.550. The molecule has 1 aliphatic rings. The highest BCUT2D eigenvalue weighted by atomic mass is 16.5. The maximum atomic E-state index is 5.87. The third-order valence-electron chi connectivity index (χ3n) is 5.08. The smallest absolute Gasteiger partial charge is 0.0535 e. The van der Waals surface area contributed by atoms with Gasteiger partial charge in [0.15, 0.2) is 0 Å². The van der Waals surface area contributed by atoms with Crippen LogP contribution in [0.3, 0.4) is 0 Å². The van der Waals surface area contributed by atoms with E-state index in [-0.39, 0.29) is 5.41 Å². The number of rotatable bonds is 8. The van der Waals surface area contributed by atoms with Gasteiger partial charge in [0.05, 0.1) is 12.8 Å². The van der Waals surface area contributed by atoms with Crippen molar-refractivity contribution in [3.05, 3.63) is 53.9 Å². The molecular formula is C20H29N3O. The van der Waals surface area contributed by atoms with Gasteiger partial charge in [0.2, 0.25) is 0 Å². The Morgan fingerprint density at radius 2 is 2.04 bits per heavy atom. The van der Waals surface area contributed by atoms with Gasteiger partial charge in [-0.1, -0.05) is 30.3 Å². The van der Waals surface area contributed by atoms with E-state index in [0.717, 1.165) is 39.3 Å². The number of ether oxygens (including phenoxy) is 1. The molecule has 130 valence electrons. The number of nitrogens with zero attached hydrogens (tertiary/aromatic N) is 3. The highest BCUT2D eigenvalue weighted by molar-refractivity contribution is 5.15. The molecule has 0 unspecified atom stereocenters. The van der Waals surface area contributed by atoms with Crippen LogP contribution in [0.1, 0.15) is 30.9 Å². The van der Waals surface area contributed by atoms with Gasteiger partial charge in [-0.05, 0) is 38.3 Å². The first kappa shape index (κ1) is 17.2. The summed E-state index contributed by atoms with van der Waals surface area (Å²) in [6.07, 6.45) is 7.65. The van der Waals surface area contributed by atoms with Gasteiger partial charge < -0.3 is 4.74 Å². The third-order valence-corrected chi connectivity index (χ3v) is 5.08. The average molecular weight is 327 g/mol. The number of hydrogen-bond acceptors (Lipinski definition) is 3. The molecule has 0 aliphatic carbocycles. The zero-order chi connectivity index (χ0) is 16.8. The van der Waals surface area contributed by atoms with Crippen molar-refractivity contribution in [1.29, 1.82) is 0 Å². The van der Waals surface area contributed by atoms with Crippen LogP contribution in [-0.2, 0) is 24.8 Å². The molecule has 0 saturated carbocycles. The average Bonchev–Trinajstić information content (AvgIpc) is 3.19. The minimum Gasteiger partial charge on any atom is -0.381 e. The van der Waals surface area contributed by atoms with Crippen LogP contribution in [0.4, 0.5) is 0 Å². The molecule has 0 amide bonds. The van der Waals surface area contributed by atoms with Crippen LogP contribution < -0.4 is 0 Å². The largest absolute Gasteiger partial charge is 0.381 e. The Bertz CT molecular complexity index is 625. The summed E-state index contributed by atoms with van der Waals surface area (Å²) in [6.45, 7) is 7.03. The zero-order valence-electron chi connectivity index (χ0n) is 14.9. The molecule has 3 rings (SSSR count). The molecule has 0 spiro atoms. The highest BCUT2D eigenvalue weighted by Gasteiger charge is 2.37. The van der Waals surface area contributed by atoms with Gasteiger partial charge in [0.1, 0.15) is 0 Å². The van der Waals surface area contributed by atoms with Crippen molar-refractivity contribution in [1.82, 2.24) is 14.7 Å². The lowest BCUT2D eigenvalue weighted by molar-refractivity contribution is 0.0489. The lowest BCUT2D eigenvalue weighted by Gasteiger charge is -2.29. The van der Waals surface area contributed by atoms with Crippen molar-refractivity contribution >= 4 is 0 Å². The Morgan fingerprint density at radius 1 is 1.21 bits per heavy atom. The number of aromatic nitrogens is 2. The first-order valence-corrected chi connectivity index (χ1v) is 9.01. The van der Waals surface area contributed by atoms with Crippen LogP contribution >= 0.6 is 0 Å². The summed E-state index contributed by atoms with van der Waals surface area (Å²) in [7, 11) is 1.98. The van der Waals surface area contributed by atoms with Crippen LogP contribution in [0.2, 0.25) is 0 Å². The summed E-state index contributed by atoms with van der Waals surface area (Å²) in [5.41, 5.74) is 3.01. The quantitative estimate of drug-likeness (QED) is 0.745. The van der Waals surface area contributed by atoms with Crippen molar-refractivity contribution in [3.8, 4) is 0 Å². The van der Waals surface area contributed by atoms with Crippen molar-refractivity contribution in [2.24, 2.45) is 12.5 Å². The van der Waals surface area contributed by atoms with Crippen LogP contribution in [-0.4, -0.2) is 41.0 Å². The van der Waals surface area contributed by atoms with E-state index in [9.17, 15) is 0 Å². The Kier molecular flexibility index (Phi) is 5.69. The topological polar surface area (TPSA) is 30.3 Å². The molecule has 4 nitrogen and oxygen atoms in total. The number of aryl methyl sites for hydroxylation is 2. The van der Waals surface area contributed by atoms with Gasteiger partial charge >= 0.3 is 0 Å². The van der Waals surface area contributed by atoms with Crippen LogP contribution in [0.15, 0.2) is 42.7 Å². The minimum absolute atomic E-state index is 0.286. The minimum atomic E-state index is 0.286. The van der Waals surface area contributed by atoms with E-state index in [1.54, 1.807) is 0 Å². The Hall–Kier alpha value is -1.65. The van der Waals surface area contributed by atoms with Gasteiger partial charge in [-0.3, -0.25) is 9.58 Å². The SMILES string of the molecule is CCOC[C@@]1(CCc2ccccc2)CCN(Cc2cnn(C)c2)C1. The van der Waals surface area contributed by atoms with E-state index < -0.39 is 0 Å². The van der Waals surface area contributed by atoms with E-state index in [1.165, 1.54) is 24.0 Å². The predicted molar refractivity (Wildman–Crippen MR) is 96.8 cm³/mol. The van der Waals surface area contributed by atoms with Crippen molar-refractivity contribution in [2.45, 2.75) is 32.7 Å². The second-order valence-electron chi connectivity index (χ2n) is 7.11. The van der Waals surface area contributed by atoms with E-state index in [0.29, 0.717) is 0 Å². The van der Waals surface area contributed by atoms with Crippen molar-refractivity contribution in [3.63, 3.8) is 0 Å². The summed E-state index contributed by atoms with van der Waals surface area (Å²) in [5.74, 6) is 0. The van der Waals surface area contributed by atoms with Crippen LogP contribution in [0.25, 0.3) is 0 Å². The van der Waals surface area contributed by atoms with Crippen LogP contribution in [0, 0.1) is 5.41 Å². The van der Waals surface area contributed by atoms with E-state index >= 15 is 0 Å². The van der Waals surface area contributed by atoms with E-state index in [4.69, 9.17) is 4.74 Å². The van der Waals surface area contributed by atoms with E-state index in [1.807, 2.05) is 17.9 Å². The molecule has 24 heavy (non-hydrogen) atoms. The van der Waals surface area contributed by atoms with Gasteiger partial charge in [-0.25, -0.2) is 0 Å². The maximum Gasteiger partial charge on any atom is 0.0535 e. The molecule has 1 aromatic heterocycles. The second kappa shape index (κ2) is 7.95. The summed E-state index contributed by atoms with van der Waals surface area (Å²) in [5, 5.41) is 4.29. The molecule has 0 N–H and O–H groups in total. The first-order valence-electron chi connectivity index (χ1n) is 9.01. The molecule has 0 bridgehead atoms. The predicted octanol–water partition coefficient (Wildman–Crippen LogP) is 3.28. The maximum absolute atomic E-state index is 5.87. The molecule has 1 fully saturated rings. The fourth-order valence-electron chi connectivity index (χ4n) is 3.74. The van der Waals surface area contributed by atoms with Gasteiger partial charge in [0, 0.05) is 43.9 Å². The molecular weight excluding hydrogens is 298 g/mol. The Balaban J connectivity index is 1.61. The number of likely N-dealkylation sites (tertiary alicyclic amines) is 1. The summed E-state index contributed by atoms with van der Waals surface area (Å²) >= 11 is 0. The van der Waals surface area contributed by atoms with Gasteiger partial charge in [-0.2, -0.15) is 5.10 Å². The molecule has 1 atom stereocenters. The monoisotopic (exact) mass is 327 g/mol. The Morgan fingerprint density at radius 3 is 2.75 bits per heavy atom. The summed E-state index contributed by atoms with van der Waals surface area (Å²) in [6, 6.07) is 10.8. The van der Waals surface area contributed by atoms with E-state index in [2.05, 4.69) is 53.5 Å². The third kappa shape index (κ3) is 4.46. The Labute approximate surface area is 145 Å². The molecule has 0 radical (unpaired) electrons. The van der Waals surface area contributed by atoms with Crippen molar-refractivity contribution in [2.75, 3.05) is 26.3 Å². The lowest BCUT2D eigenvalue weighted by atomic mass is 9.82. The molecule has 4 heteroatoms. The molecule has 2 aromatic rings. The molecule has 1 aliphatic heterocycles. The number of benzene rings is 1. The number of hydrogen-bond donors (Lipinski definition) is 0. The summed E-state index contributed by atoms with van der Waals surface area (Å²) in [4.78, 5) is 2.56. The molecule has 2 heterocycles. The lowest BCUT2D eigenvalue weighted by Crippen LogP contribution is -2.32. The highest BCUT2D eigenvalue weighted by Crippen LogP contribution is 2.36. The molecule has 1 saturated heterocycles.